The molecule has 0 unspecified atom stereocenters. The van der Waals surface area contributed by atoms with Gasteiger partial charge >= 0.3 is 5.97 Å². The Morgan fingerprint density at radius 1 is 1.10 bits per heavy atom. The molecule has 0 fully saturated rings. The third-order valence-electron chi connectivity index (χ3n) is 4.92. The van der Waals surface area contributed by atoms with Gasteiger partial charge in [0.2, 0.25) is 11.8 Å². The highest BCUT2D eigenvalue weighted by Crippen LogP contribution is 2.23. The van der Waals surface area contributed by atoms with E-state index in [4.69, 9.17) is 4.74 Å². The first-order valence-electron chi connectivity index (χ1n) is 10.8. The topological polar surface area (TPSA) is 105 Å². The van der Waals surface area contributed by atoms with Gasteiger partial charge < -0.3 is 20.5 Å². The minimum atomic E-state index is -1.02. The van der Waals surface area contributed by atoms with Crippen LogP contribution in [0.2, 0.25) is 0 Å². The van der Waals surface area contributed by atoms with Crippen LogP contribution in [0.15, 0.2) is 0 Å². The predicted octanol–water partition coefficient (Wildman–Crippen LogP) is 3.46. The van der Waals surface area contributed by atoms with Gasteiger partial charge in [0.1, 0.15) is 6.04 Å². The number of carbonyl (C=O) groups excluding carboxylic acids is 2. The van der Waals surface area contributed by atoms with Gasteiger partial charge in [-0.1, -0.05) is 34.6 Å². The molecule has 0 rings (SSSR count). The van der Waals surface area contributed by atoms with Crippen LogP contribution in [-0.2, 0) is 19.1 Å². The van der Waals surface area contributed by atoms with Gasteiger partial charge in [-0.15, -0.1) is 0 Å². The van der Waals surface area contributed by atoms with Crippen molar-refractivity contribution in [2.24, 2.45) is 11.3 Å². The Labute approximate surface area is 186 Å². The molecule has 3 N–H and O–H groups in total. The van der Waals surface area contributed by atoms with Crippen molar-refractivity contribution in [3.05, 3.63) is 0 Å². The number of thioether (sulfide) groups is 1. The van der Waals surface area contributed by atoms with Crippen LogP contribution in [0.3, 0.4) is 0 Å². The Bertz CT molecular complexity index is 550. The lowest BCUT2D eigenvalue weighted by atomic mass is 9.88. The second kappa shape index (κ2) is 13.9. The van der Waals surface area contributed by atoms with E-state index in [0.717, 1.165) is 12.2 Å². The van der Waals surface area contributed by atoms with E-state index >= 15 is 0 Å². The second-order valence-electron chi connectivity index (χ2n) is 9.30. The quantitative estimate of drug-likeness (QED) is 0.335. The molecule has 0 heterocycles. The van der Waals surface area contributed by atoms with Crippen molar-refractivity contribution in [2.45, 2.75) is 85.8 Å². The van der Waals surface area contributed by atoms with Crippen molar-refractivity contribution < 1.29 is 24.2 Å². The highest BCUT2D eigenvalue weighted by Gasteiger charge is 2.32. The van der Waals surface area contributed by atoms with Crippen molar-refractivity contribution >= 4 is 29.5 Å². The molecule has 30 heavy (non-hydrogen) atoms. The van der Waals surface area contributed by atoms with Crippen LogP contribution in [0.25, 0.3) is 0 Å². The Morgan fingerprint density at radius 2 is 1.73 bits per heavy atom. The molecule has 0 aromatic rings. The lowest BCUT2D eigenvalue weighted by molar-refractivity contribution is -0.143. The zero-order chi connectivity index (χ0) is 23.4. The minimum Gasteiger partial charge on any atom is -0.480 e. The summed E-state index contributed by atoms with van der Waals surface area (Å²) in [4.78, 5) is 35.7. The number of nitrogens with one attached hydrogen (secondary N) is 2. The number of carboxylic acid groups (broad SMARTS) is 1. The first-order valence-corrected chi connectivity index (χ1v) is 12.0. The van der Waals surface area contributed by atoms with Gasteiger partial charge in [0.15, 0.2) is 0 Å². The number of hydrogen-bond acceptors (Lipinski definition) is 5. The molecule has 0 bridgehead atoms. The van der Waals surface area contributed by atoms with E-state index in [1.165, 1.54) is 11.8 Å². The predicted molar refractivity (Wildman–Crippen MR) is 123 cm³/mol. The number of rotatable bonds is 16. The molecule has 7 nitrogen and oxygen atoms in total. The van der Waals surface area contributed by atoms with Crippen molar-refractivity contribution in [3.8, 4) is 0 Å². The van der Waals surface area contributed by atoms with Gasteiger partial charge in [-0.25, -0.2) is 4.79 Å². The lowest BCUT2D eigenvalue weighted by Gasteiger charge is -2.29. The van der Waals surface area contributed by atoms with Gasteiger partial charge in [0.25, 0.3) is 0 Å². The monoisotopic (exact) mass is 446 g/mol. The summed E-state index contributed by atoms with van der Waals surface area (Å²) >= 11 is 1.48. The summed E-state index contributed by atoms with van der Waals surface area (Å²) in [5, 5.41) is 14.9. The largest absolute Gasteiger partial charge is 0.480 e. The van der Waals surface area contributed by atoms with Crippen LogP contribution in [0.4, 0.5) is 0 Å². The molecule has 2 amide bonds. The van der Waals surface area contributed by atoms with E-state index < -0.39 is 23.0 Å². The van der Waals surface area contributed by atoms with Crippen LogP contribution in [0.5, 0.6) is 0 Å². The van der Waals surface area contributed by atoms with Crippen LogP contribution in [0, 0.1) is 11.3 Å². The maximum absolute atomic E-state index is 12.6. The number of hydrogen-bond donors (Lipinski definition) is 3. The SMILES string of the molecule is CCSC[C@H](NC(=O)C(C)(C)CCOC(C)(C)CCNC(=O)CCC(C)C)C(=O)O. The van der Waals surface area contributed by atoms with Crippen molar-refractivity contribution in [1.82, 2.24) is 10.6 Å². The fraction of sp³-hybridized carbons (Fsp3) is 0.864. The van der Waals surface area contributed by atoms with E-state index in [1.54, 1.807) is 13.8 Å². The number of amides is 2. The molecular formula is C22H42N2O5S. The molecule has 1 atom stereocenters. The van der Waals surface area contributed by atoms with E-state index in [9.17, 15) is 19.5 Å². The standard InChI is InChI=1S/C22H42N2O5S/c1-8-30-15-17(19(26)27)24-20(28)21(4,5)12-14-29-22(6,7)11-13-23-18(25)10-9-16(2)3/h16-17H,8-15H2,1-7H3,(H,23,25)(H,24,28)(H,26,27)/t17-/m0/s1. The molecule has 0 saturated heterocycles. The molecule has 0 spiro atoms. The van der Waals surface area contributed by atoms with Crippen molar-refractivity contribution in [2.75, 3.05) is 24.7 Å². The Kier molecular flexibility index (Phi) is 13.3. The molecule has 0 aromatic carbocycles. The maximum atomic E-state index is 12.6. The van der Waals surface area contributed by atoms with Gasteiger partial charge in [-0.2, -0.15) is 11.8 Å². The van der Waals surface area contributed by atoms with Gasteiger partial charge in [0, 0.05) is 30.7 Å². The minimum absolute atomic E-state index is 0.0616. The zero-order valence-corrected chi connectivity index (χ0v) is 20.6. The summed E-state index contributed by atoms with van der Waals surface area (Å²) in [6.07, 6.45) is 2.55. The van der Waals surface area contributed by atoms with E-state index in [0.29, 0.717) is 44.1 Å². The average Bonchev–Trinajstić information content (AvgIpc) is 2.62. The Balaban J connectivity index is 4.39. The molecule has 0 aliphatic heterocycles. The summed E-state index contributed by atoms with van der Waals surface area (Å²) in [6, 6.07) is -0.890. The molecule has 0 aromatic heterocycles. The molecule has 0 radical (unpaired) electrons. The first kappa shape index (κ1) is 28.7. The van der Waals surface area contributed by atoms with Crippen molar-refractivity contribution in [3.63, 3.8) is 0 Å². The summed E-state index contributed by atoms with van der Waals surface area (Å²) in [7, 11) is 0. The molecular weight excluding hydrogens is 404 g/mol. The van der Waals surface area contributed by atoms with Crippen LogP contribution in [0.1, 0.15) is 74.1 Å². The fourth-order valence-corrected chi connectivity index (χ4v) is 3.24. The van der Waals surface area contributed by atoms with E-state index in [-0.39, 0.29) is 11.8 Å². The Hall–Kier alpha value is -1.28. The third-order valence-corrected chi connectivity index (χ3v) is 5.90. The first-order chi connectivity index (χ1) is 13.8. The summed E-state index contributed by atoms with van der Waals surface area (Å²) in [6.45, 7) is 14.6. The van der Waals surface area contributed by atoms with Gasteiger partial charge in [-0.3, -0.25) is 9.59 Å². The Morgan fingerprint density at radius 3 is 2.27 bits per heavy atom. The number of carboxylic acids is 1. The van der Waals surface area contributed by atoms with Crippen molar-refractivity contribution in [1.29, 1.82) is 0 Å². The number of carbonyl (C=O) groups is 3. The van der Waals surface area contributed by atoms with Crippen LogP contribution >= 0.6 is 11.8 Å². The van der Waals surface area contributed by atoms with Gasteiger partial charge in [0.05, 0.1) is 5.60 Å². The summed E-state index contributed by atoms with van der Waals surface area (Å²) in [5.41, 5.74) is -1.18. The lowest BCUT2D eigenvalue weighted by Crippen LogP contribution is -2.48. The molecule has 0 aliphatic rings. The summed E-state index contributed by atoms with van der Waals surface area (Å²) in [5.74, 6) is 0.404. The number of aliphatic carboxylic acids is 1. The molecule has 0 saturated carbocycles. The average molecular weight is 447 g/mol. The number of ether oxygens (including phenoxy) is 1. The van der Waals surface area contributed by atoms with E-state index in [2.05, 4.69) is 24.5 Å². The highest BCUT2D eigenvalue weighted by atomic mass is 32.2. The molecule has 176 valence electrons. The van der Waals surface area contributed by atoms with Gasteiger partial charge in [-0.05, 0) is 44.8 Å². The fourth-order valence-electron chi connectivity index (χ4n) is 2.54. The van der Waals surface area contributed by atoms with E-state index in [1.807, 2.05) is 20.8 Å². The maximum Gasteiger partial charge on any atom is 0.327 e. The highest BCUT2D eigenvalue weighted by molar-refractivity contribution is 7.99. The third kappa shape index (κ3) is 13.1. The molecule has 8 heteroatoms. The second-order valence-corrected chi connectivity index (χ2v) is 10.6. The molecule has 0 aliphatic carbocycles. The van der Waals surface area contributed by atoms with Crippen LogP contribution in [-0.4, -0.2) is 59.2 Å². The smallest absolute Gasteiger partial charge is 0.327 e. The normalized spacial score (nSPS) is 13.2. The zero-order valence-electron chi connectivity index (χ0n) is 19.8. The summed E-state index contributed by atoms with van der Waals surface area (Å²) < 4.78 is 5.96. The van der Waals surface area contributed by atoms with Crippen LogP contribution < -0.4 is 10.6 Å².